The fourth-order valence-electron chi connectivity index (χ4n) is 3.38. The van der Waals surface area contributed by atoms with Crippen LogP contribution in [0.5, 0.6) is 0 Å². The van der Waals surface area contributed by atoms with Gasteiger partial charge in [0.1, 0.15) is 0 Å². The molecule has 6 heteroatoms. The number of fused-ring (bicyclic) bond motifs is 1. The van der Waals surface area contributed by atoms with Crippen LogP contribution in [0, 0.1) is 0 Å². The monoisotopic (exact) mass is 406 g/mol. The Labute approximate surface area is 176 Å². The zero-order chi connectivity index (χ0) is 21.5. The summed E-state index contributed by atoms with van der Waals surface area (Å²) in [6.07, 6.45) is 5.52. The molecule has 0 saturated carbocycles. The summed E-state index contributed by atoms with van der Waals surface area (Å²) in [6, 6.07) is 14.0. The van der Waals surface area contributed by atoms with Gasteiger partial charge in [0.05, 0.1) is 24.6 Å². The first-order chi connectivity index (χ1) is 14.5. The maximum Gasteiger partial charge on any atom is 0.338 e. The number of amides is 2. The van der Waals surface area contributed by atoms with Crippen LogP contribution in [-0.4, -0.2) is 29.3 Å². The van der Waals surface area contributed by atoms with E-state index in [0.717, 1.165) is 24.0 Å². The highest BCUT2D eigenvalue weighted by Gasteiger charge is 2.28. The molecule has 0 saturated heterocycles. The molecule has 2 aromatic carbocycles. The Kier molecular flexibility index (Phi) is 7.01. The fraction of sp³-hybridized carbons (Fsp3) is 0.292. The van der Waals surface area contributed by atoms with Crippen molar-refractivity contribution in [3.8, 4) is 0 Å². The van der Waals surface area contributed by atoms with E-state index in [1.165, 1.54) is 6.92 Å². The highest BCUT2D eigenvalue weighted by molar-refractivity contribution is 5.94. The molecule has 6 nitrogen and oxygen atoms in total. The Morgan fingerprint density at radius 3 is 2.50 bits per heavy atom. The zero-order valence-electron chi connectivity index (χ0n) is 17.3. The van der Waals surface area contributed by atoms with Gasteiger partial charge in [-0.3, -0.25) is 9.59 Å². The number of hydrogen-bond donors (Lipinski definition) is 1. The second kappa shape index (κ2) is 9.87. The molecule has 1 atom stereocenters. The number of carbonyl (C=O) groups is 3. The van der Waals surface area contributed by atoms with Crippen LogP contribution in [0.2, 0.25) is 0 Å². The molecule has 1 heterocycles. The smallest absolute Gasteiger partial charge is 0.338 e. The lowest BCUT2D eigenvalue weighted by Crippen LogP contribution is -2.33. The molecule has 1 aliphatic heterocycles. The van der Waals surface area contributed by atoms with Gasteiger partial charge in [-0.15, -0.1) is 0 Å². The van der Waals surface area contributed by atoms with Gasteiger partial charge in [-0.05, 0) is 47.9 Å². The van der Waals surface area contributed by atoms with Crippen LogP contribution in [0.1, 0.15) is 60.6 Å². The van der Waals surface area contributed by atoms with Crippen molar-refractivity contribution in [3.63, 3.8) is 0 Å². The minimum Gasteiger partial charge on any atom is -0.462 e. The molecule has 0 bridgehead atoms. The standard InChI is InChI=1S/C24H26N2O4/c1-3-4-15-30-24(29)19-9-11-20(12-10-19)25-23(28)16-22-21-8-6-5-7-18(21)13-14-26(22)17(2)27/h5-14,22H,3-4,15-16H2,1-2H3,(H,25,28). The predicted molar refractivity (Wildman–Crippen MR) is 116 cm³/mol. The minimum absolute atomic E-state index is 0.121. The number of esters is 1. The van der Waals surface area contributed by atoms with E-state index in [9.17, 15) is 14.4 Å². The van der Waals surface area contributed by atoms with Crippen molar-refractivity contribution in [1.82, 2.24) is 4.90 Å². The van der Waals surface area contributed by atoms with Crippen LogP contribution in [0.4, 0.5) is 5.69 Å². The number of unbranched alkanes of at least 4 members (excludes halogenated alkanes) is 1. The van der Waals surface area contributed by atoms with Crippen molar-refractivity contribution in [2.45, 2.75) is 39.2 Å². The molecule has 0 fully saturated rings. The number of ether oxygens (including phenoxy) is 1. The quantitative estimate of drug-likeness (QED) is 0.541. The summed E-state index contributed by atoms with van der Waals surface area (Å²) in [4.78, 5) is 38.3. The fourth-order valence-corrected chi connectivity index (χ4v) is 3.38. The van der Waals surface area contributed by atoms with Gasteiger partial charge < -0.3 is 15.0 Å². The van der Waals surface area contributed by atoms with Gasteiger partial charge in [0.25, 0.3) is 0 Å². The van der Waals surface area contributed by atoms with Gasteiger partial charge in [0.15, 0.2) is 0 Å². The van der Waals surface area contributed by atoms with Gasteiger partial charge >= 0.3 is 5.97 Å². The number of carbonyl (C=O) groups excluding carboxylic acids is 3. The summed E-state index contributed by atoms with van der Waals surface area (Å²) < 4.78 is 5.19. The van der Waals surface area contributed by atoms with Crippen LogP contribution < -0.4 is 5.32 Å². The van der Waals surface area contributed by atoms with E-state index >= 15 is 0 Å². The maximum absolute atomic E-state index is 12.7. The average molecular weight is 406 g/mol. The molecule has 0 aromatic heterocycles. The maximum atomic E-state index is 12.7. The normalized spacial score (nSPS) is 14.7. The molecule has 1 aliphatic rings. The SMILES string of the molecule is CCCCOC(=O)c1ccc(NC(=O)CC2c3ccccc3C=CN2C(C)=O)cc1. The first-order valence-electron chi connectivity index (χ1n) is 10.1. The number of benzene rings is 2. The third-order valence-electron chi connectivity index (χ3n) is 4.98. The summed E-state index contributed by atoms with van der Waals surface area (Å²) in [5.74, 6) is -0.705. The van der Waals surface area contributed by atoms with E-state index in [1.807, 2.05) is 37.3 Å². The van der Waals surface area contributed by atoms with Crippen molar-refractivity contribution in [1.29, 1.82) is 0 Å². The van der Waals surface area contributed by atoms with Crippen molar-refractivity contribution in [2.75, 3.05) is 11.9 Å². The second-order valence-electron chi connectivity index (χ2n) is 7.21. The van der Waals surface area contributed by atoms with E-state index in [2.05, 4.69) is 5.32 Å². The number of anilines is 1. The molecule has 0 spiro atoms. The van der Waals surface area contributed by atoms with Gasteiger partial charge in [-0.1, -0.05) is 37.6 Å². The summed E-state index contributed by atoms with van der Waals surface area (Å²) in [7, 11) is 0. The molecule has 30 heavy (non-hydrogen) atoms. The predicted octanol–water partition coefficient (Wildman–Crippen LogP) is 4.55. The topological polar surface area (TPSA) is 75.7 Å². The number of nitrogens with one attached hydrogen (secondary N) is 1. The first kappa shape index (κ1) is 21.3. The Hall–Kier alpha value is -3.41. The van der Waals surface area contributed by atoms with Crippen LogP contribution >= 0.6 is 0 Å². The van der Waals surface area contributed by atoms with E-state index in [0.29, 0.717) is 17.9 Å². The van der Waals surface area contributed by atoms with E-state index < -0.39 is 0 Å². The van der Waals surface area contributed by atoms with Gasteiger partial charge in [0, 0.05) is 18.8 Å². The van der Waals surface area contributed by atoms with Crippen LogP contribution in [-0.2, 0) is 14.3 Å². The molecule has 3 rings (SSSR count). The van der Waals surface area contributed by atoms with Gasteiger partial charge in [-0.25, -0.2) is 4.79 Å². The van der Waals surface area contributed by atoms with Crippen LogP contribution in [0.25, 0.3) is 6.08 Å². The minimum atomic E-state index is -0.371. The van der Waals surface area contributed by atoms with Crippen molar-refractivity contribution >= 4 is 29.5 Å². The molecule has 1 unspecified atom stereocenters. The lowest BCUT2D eigenvalue weighted by Gasteiger charge is -2.32. The summed E-state index contributed by atoms with van der Waals surface area (Å²) >= 11 is 0. The summed E-state index contributed by atoms with van der Waals surface area (Å²) in [6.45, 7) is 3.92. The van der Waals surface area contributed by atoms with Crippen molar-refractivity contribution in [3.05, 3.63) is 71.4 Å². The Morgan fingerprint density at radius 2 is 1.80 bits per heavy atom. The van der Waals surface area contributed by atoms with E-state index in [-0.39, 0.29) is 30.2 Å². The lowest BCUT2D eigenvalue weighted by atomic mass is 9.93. The molecule has 1 N–H and O–H groups in total. The van der Waals surface area contributed by atoms with Crippen molar-refractivity contribution in [2.24, 2.45) is 0 Å². The molecule has 156 valence electrons. The number of rotatable bonds is 7. The summed E-state index contributed by atoms with van der Waals surface area (Å²) in [5.41, 5.74) is 2.96. The van der Waals surface area contributed by atoms with Gasteiger partial charge in [0.2, 0.25) is 11.8 Å². The summed E-state index contributed by atoms with van der Waals surface area (Å²) in [5, 5.41) is 2.84. The third kappa shape index (κ3) is 5.14. The molecule has 0 aliphatic carbocycles. The molecule has 0 radical (unpaired) electrons. The molecule has 2 amide bonds. The highest BCUT2D eigenvalue weighted by Crippen LogP contribution is 2.33. The number of hydrogen-bond acceptors (Lipinski definition) is 4. The van der Waals surface area contributed by atoms with Gasteiger partial charge in [-0.2, -0.15) is 0 Å². The molecular weight excluding hydrogens is 380 g/mol. The Morgan fingerprint density at radius 1 is 1.07 bits per heavy atom. The number of nitrogens with zero attached hydrogens (tertiary/aromatic N) is 1. The van der Waals surface area contributed by atoms with Crippen LogP contribution in [0.3, 0.4) is 0 Å². The first-order valence-corrected chi connectivity index (χ1v) is 10.1. The zero-order valence-corrected chi connectivity index (χ0v) is 17.3. The van der Waals surface area contributed by atoms with Crippen molar-refractivity contribution < 1.29 is 19.1 Å². The largest absolute Gasteiger partial charge is 0.462 e. The second-order valence-corrected chi connectivity index (χ2v) is 7.21. The molecular formula is C24H26N2O4. The Balaban J connectivity index is 1.65. The van der Waals surface area contributed by atoms with E-state index in [1.54, 1.807) is 35.4 Å². The third-order valence-corrected chi connectivity index (χ3v) is 4.98. The lowest BCUT2D eigenvalue weighted by molar-refractivity contribution is -0.129. The van der Waals surface area contributed by atoms with E-state index in [4.69, 9.17) is 4.74 Å². The average Bonchev–Trinajstić information content (AvgIpc) is 2.74. The van der Waals surface area contributed by atoms with Crippen LogP contribution in [0.15, 0.2) is 54.7 Å². The molecule has 2 aromatic rings. The highest BCUT2D eigenvalue weighted by atomic mass is 16.5. The Bertz CT molecular complexity index is 950.